The van der Waals surface area contributed by atoms with Crippen LogP contribution in [0.15, 0.2) is 40.5 Å². The molecule has 25 heavy (non-hydrogen) atoms. The Balaban J connectivity index is 1.71. The van der Waals surface area contributed by atoms with Crippen molar-refractivity contribution in [1.29, 1.82) is 5.26 Å². The summed E-state index contributed by atoms with van der Waals surface area (Å²) in [7, 11) is 0. The molecule has 3 rings (SSSR count). The van der Waals surface area contributed by atoms with E-state index >= 15 is 0 Å². The van der Waals surface area contributed by atoms with E-state index in [4.69, 9.17) is 10.00 Å². The van der Waals surface area contributed by atoms with Gasteiger partial charge in [0.15, 0.2) is 12.3 Å². The zero-order chi connectivity index (χ0) is 17.8. The van der Waals surface area contributed by atoms with Gasteiger partial charge in [-0.15, -0.1) is 11.3 Å². The Labute approximate surface area is 144 Å². The maximum absolute atomic E-state index is 12.2. The van der Waals surface area contributed by atoms with Gasteiger partial charge in [0.2, 0.25) is 0 Å². The predicted octanol–water partition coefficient (Wildman–Crippen LogP) is 1.65. The first-order valence-corrected chi connectivity index (χ1v) is 7.90. The molecule has 124 valence electrons. The van der Waals surface area contributed by atoms with Gasteiger partial charge < -0.3 is 10.1 Å². The smallest absolute Gasteiger partial charge is 0.359 e. The molecule has 0 aliphatic rings. The van der Waals surface area contributed by atoms with Crippen molar-refractivity contribution in [2.45, 2.75) is 0 Å². The monoisotopic (exact) mass is 354 g/mol. The van der Waals surface area contributed by atoms with Crippen molar-refractivity contribution in [2.24, 2.45) is 0 Å². The number of hydrogen-bond donors (Lipinski definition) is 2. The van der Waals surface area contributed by atoms with Crippen molar-refractivity contribution in [1.82, 2.24) is 10.2 Å². The first-order chi connectivity index (χ1) is 12.1. The highest BCUT2D eigenvalue weighted by Crippen LogP contribution is 2.22. The third-order valence-corrected chi connectivity index (χ3v) is 4.09. The van der Waals surface area contributed by atoms with Crippen LogP contribution in [0, 0.1) is 11.3 Å². The van der Waals surface area contributed by atoms with E-state index in [9.17, 15) is 14.4 Å². The number of fused-ring (bicyclic) bond motifs is 1. The van der Waals surface area contributed by atoms with Crippen LogP contribution in [0.2, 0.25) is 0 Å². The second-order valence-corrected chi connectivity index (χ2v) is 5.76. The summed E-state index contributed by atoms with van der Waals surface area (Å²) in [5.41, 5.74) is -0.179. The van der Waals surface area contributed by atoms with Gasteiger partial charge in [-0.3, -0.25) is 9.59 Å². The average molecular weight is 354 g/mol. The van der Waals surface area contributed by atoms with E-state index in [1.54, 1.807) is 35.7 Å². The summed E-state index contributed by atoms with van der Waals surface area (Å²) in [6.07, 6.45) is 0. The molecule has 0 aliphatic heterocycles. The maximum Gasteiger partial charge on any atom is 0.359 e. The van der Waals surface area contributed by atoms with Crippen molar-refractivity contribution in [3.63, 3.8) is 0 Å². The molecule has 0 saturated heterocycles. The highest BCUT2D eigenvalue weighted by molar-refractivity contribution is 7.14. The molecule has 0 spiro atoms. The fraction of sp³-hybridized carbons (Fsp3) is 0.0625. The normalized spacial score (nSPS) is 10.2. The van der Waals surface area contributed by atoms with Crippen molar-refractivity contribution in [2.75, 3.05) is 11.9 Å². The first kappa shape index (κ1) is 16.4. The zero-order valence-electron chi connectivity index (χ0n) is 12.6. The van der Waals surface area contributed by atoms with E-state index < -0.39 is 24.0 Å². The highest BCUT2D eigenvalue weighted by atomic mass is 32.1. The molecule has 9 heteroatoms. The minimum Gasteiger partial charge on any atom is -0.451 e. The van der Waals surface area contributed by atoms with Gasteiger partial charge in [0.1, 0.15) is 11.1 Å². The molecule has 0 atom stereocenters. The second-order valence-electron chi connectivity index (χ2n) is 4.85. The number of aromatic nitrogens is 2. The van der Waals surface area contributed by atoms with Crippen LogP contribution in [0.5, 0.6) is 0 Å². The lowest BCUT2D eigenvalue weighted by Gasteiger charge is -2.06. The number of carbonyl (C=O) groups excluding carboxylic acids is 2. The molecule has 0 aliphatic carbocycles. The third kappa shape index (κ3) is 3.39. The van der Waals surface area contributed by atoms with Crippen LogP contribution < -0.4 is 10.9 Å². The van der Waals surface area contributed by atoms with Gasteiger partial charge in [-0.25, -0.2) is 9.89 Å². The molecule has 2 heterocycles. The van der Waals surface area contributed by atoms with Gasteiger partial charge in [-0.1, -0.05) is 18.2 Å². The highest BCUT2D eigenvalue weighted by Gasteiger charge is 2.17. The minimum atomic E-state index is -0.839. The Morgan fingerprint density at radius 3 is 2.80 bits per heavy atom. The van der Waals surface area contributed by atoms with Crippen molar-refractivity contribution in [3.05, 3.63) is 57.3 Å². The van der Waals surface area contributed by atoms with E-state index in [1.807, 2.05) is 6.07 Å². The van der Waals surface area contributed by atoms with Gasteiger partial charge in [0, 0.05) is 5.39 Å². The van der Waals surface area contributed by atoms with Crippen molar-refractivity contribution >= 4 is 39.0 Å². The predicted molar refractivity (Wildman–Crippen MR) is 90.3 cm³/mol. The summed E-state index contributed by atoms with van der Waals surface area (Å²) in [4.78, 5) is 35.7. The van der Waals surface area contributed by atoms with Crippen molar-refractivity contribution in [3.8, 4) is 6.07 Å². The SMILES string of the molecule is N#Cc1ccsc1NC(=O)COC(=O)c1n[nH]c(=O)c2ccccc12. The molecular formula is C16H10N4O4S. The molecule has 3 aromatic rings. The fourth-order valence-corrected chi connectivity index (χ4v) is 2.88. The minimum absolute atomic E-state index is 0.0863. The van der Waals surface area contributed by atoms with Crippen LogP contribution >= 0.6 is 11.3 Å². The Hall–Kier alpha value is -3.51. The molecule has 1 amide bonds. The topological polar surface area (TPSA) is 125 Å². The summed E-state index contributed by atoms with van der Waals surface area (Å²) in [6.45, 7) is -0.545. The lowest BCUT2D eigenvalue weighted by Crippen LogP contribution is -2.22. The largest absolute Gasteiger partial charge is 0.451 e. The number of nitrogens with zero attached hydrogens (tertiary/aromatic N) is 2. The van der Waals surface area contributed by atoms with E-state index in [1.165, 1.54) is 11.3 Å². The average Bonchev–Trinajstić information content (AvgIpc) is 3.07. The quantitative estimate of drug-likeness (QED) is 0.686. The Morgan fingerprint density at radius 1 is 1.28 bits per heavy atom. The number of nitrogens with one attached hydrogen (secondary N) is 2. The summed E-state index contributed by atoms with van der Waals surface area (Å²) in [5.74, 6) is -1.42. The number of rotatable bonds is 4. The molecule has 2 aromatic heterocycles. The summed E-state index contributed by atoms with van der Waals surface area (Å²) >= 11 is 1.19. The number of nitriles is 1. The number of esters is 1. The lowest BCUT2D eigenvalue weighted by atomic mass is 10.1. The van der Waals surface area contributed by atoms with Crippen LogP contribution in [0.1, 0.15) is 16.1 Å². The van der Waals surface area contributed by atoms with Crippen molar-refractivity contribution < 1.29 is 14.3 Å². The number of H-pyrrole nitrogens is 1. The third-order valence-electron chi connectivity index (χ3n) is 3.26. The number of anilines is 1. The Morgan fingerprint density at radius 2 is 2.04 bits per heavy atom. The van der Waals surface area contributed by atoms with E-state index in [2.05, 4.69) is 15.5 Å². The molecule has 0 radical (unpaired) electrons. The van der Waals surface area contributed by atoms with Gasteiger partial charge in [-0.2, -0.15) is 10.4 Å². The van der Waals surface area contributed by atoms with Gasteiger partial charge in [0.25, 0.3) is 11.5 Å². The fourth-order valence-electron chi connectivity index (χ4n) is 2.13. The molecule has 0 bridgehead atoms. The summed E-state index contributed by atoms with van der Waals surface area (Å²) in [6, 6.07) is 9.96. The number of amides is 1. The van der Waals surface area contributed by atoms with Crippen LogP contribution in [0.25, 0.3) is 10.8 Å². The number of benzene rings is 1. The van der Waals surface area contributed by atoms with Gasteiger partial charge in [0.05, 0.1) is 10.9 Å². The summed E-state index contributed by atoms with van der Waals surface area (Å²) < 4.78 is 4.95. The zero-order valence-corrected chi connectivity index (χ0v) is 13.4. The van der Waals surface area contributed by atoms with E-state index in [0.717, 1.165) is 0 Å². The number of hydrogen-bond acceptors (Lipinski definition) is 7. The van der Waals surface area contributed by atoms with Crippen LogP contribution in [0.3, 0.4) is 0 Å². The first-order valence-electron chi connectivity index (χ1n) is 7.02. The number of carbonyl (C=O) groups is 2. The van der Waals surface area contributed by atoms with Crippen LogP contribution in [0.4, 0.5) is 5.00 Å². The molecular weight excluding hydrogens is 344 g/mol. The molecule has 0 saturated carbocycles. The number of aromatic amines is 1. The maximum atomic E-state index is 12.2. The molecule has 8 nitrogen and oxygen atoms in total. The van der Waals surface area contributed by atoms with E-state index in [0.29, 0.717) is 21.3 Å². The summed E-state index contributed by atoms with van der Waals surface area (Å²) in [5, 5.41) is 20.0. The molecule has 2 N–H and O–H groups in total. The molecule has 0 unspecified atom stereocenters. The van der Waals surface area contributed by atoms with Gasteiger partial charge >= 0.3 is 5.97 Å². The second kappa shape index (κ2) is 6.94. The lowest BCUT2D eigenvalue weighted by molar-refractivity contribution is -0.119. The van der Waals surface area contributed by atoms with Gasteiger partial charge in [-0.05, 0) is 17.5 Å². The van der Waals surface area contributed by atoms with Crippen LogP contribution in [-0.2, 0) is 9.53 Å². The van der Waals surface area contributed by atoms with E-state index in [-0.39, 0.29) is 5.69 Å². The number of ether oxygens (including phenoxy) is 1. The molecule has 0 fully saturated rings. The number of thiophene rings is 1. The Kier molecular flexibility index (Phi) is 4.54. The molecule has 1 aromatic carbocycles. The Bertz CT molecular complexity index is 1060. The van der Waals surface area contributed by atoms with Crippen LogP contribution in [-0.4, -0.2) is 28.7 Å². The standard InChI is InChI=1S/C16H10N4O4S/c17-7-9-5-6-25-15(9)18-12(21)8-24-16(23)13-10-3-1-2-4-11(10)14(22)20-19-13/h1-6H,8H2,(H,18,21)(H,20,22).